The zero-order chi connectivity index (χ0) is 12.1. The van der Waals surface area contributed by atoms with Gasteiger partial charge in [-0.1, -0.05) is 25.0 Å². The first-order chi connectivity index (χ1) is 8.28. The molecule has 1 heterocycles. The number of pyridine rings is 1. The van der Waals surface area contributed by atoms with Gasteiger partial charge in [-0.05, 0) is 54.7 Å². The highest BCUT2D eigenvalue weighted by atomic mass is 14.6. The van der Waals surface area contributed by atoms with Gasteiger partial charge in [-0.15, -0.1) is 0 Å². The summed E-state index contributed by atoms with van der Waals surface area (Å²) >= 11 is 0. The third kappa shape index (κ3) is 3.19. The smallest absolute Gasteiger partial charge is 0.113 e. The second-order valence-corrected chi connectivity index (χ2v) is 4.02. The number of hydrogen-bond donors (Lipinski definition) is 0. The SMILES string of the molecule is CCc1ccc(C#Cc2cc(C)ccn2)cc1. The normalized spacial score (nSPS) is 9.53. The van der Waals surface area contributed by atoms with Gasteiger partial charge in [0.05, 0.1) is 0 Å². The van der Waals surface area contributed by atoms with Crippen LogP contribution in [0.2, 0.25) is 0 Å². The molecule has 0 saturated carbocycles. The minimum absolute atomic E-state index is 0.824. The molecule has 1 heteroatoms. The second-order valence-electron chi connectivity index (χ2n) is 4.02. The molecule has 0 bridgehead atoms. The maximum atomic E-state index is 4.21. The van der Waals surface area contributed by atoms with Crippen LogP contribution in [0.1, 0.15) is 29.3 Å². The molecule has 0 fully saturated rings. The van der Waals surface area contributed by atoms with Crippen molar-refractivity contribution in [2.75, 3.05) is 0 Å². The van der Waals surface area contributed by atoms with Crippen LogP contribution in [0.25, 0.3) is 0 Å². The molecule has 1 nitrogen and oxygen atoms in total. The highest BCUT2D eigenvalue weighted by molar-refractivity contribution is 5.41. The van der Waals surface area contributed by atoms with Gasteiger partial charge < -0.3 is 0 Å². The summed E-state index contributed by atoms with van der Waals surface area (Å²) in [4.78, 5) is 4.21. The fraction of sp³-hybridized carbons (Fsp3) is 0.188. The van der Waals surface area contributed by atoms with Gasteiger partial charge in [0.25, 0.3) is 0 Å². The number of rotatable bonds is 1. The number of benzene rings is 1. The number of aromatic nitrogens is 1. The summed E-state index contributed by atoms with van der Waals surface area (Å²) in [6.45, 7) is 4.19. The number of aryl methyl sites for hydroxylation is 2. The molecular formula is C16H15N. The zero-order valence-corrected chi connectivity index (χ0v) is 10.2. The van der Waals surface area contributed by atoms with Crippen LogP contribution in [0.5, 0.6) is 0 Å². The average molecular weight is 221 g/mol. The Hall–Kier alpha value is -2.07. The Morgan fingerprint density at radius 3 is 2.47 bits per heavy atom. The van der Waals surface area contributed by atoms with E-state index in [0.29, 0.717) is 0 Å². The quantitative estimate of drug-likeness (QED) is 0.673. The molecule has 0 aliphatic heterocycles. The van der Waals surface area contributed by atoms with Crippen molar-refractivity contribution in [1.29, 1.82) is 0 Å². The molecule has 17 heavy (non-hydrogen) atoms. The third-order valence-corrected chi connectivity index (χ3v) is 2.61. The average Bonchev–Trinajstić information content (AvgIpc) is 2.37. The standard InChI is InChI=1S/C16H15N/c1-3-14-4-6-15(7-5-14)8-9-16-12-13(2)10-11-17-16/h4-7,10-12H,3H2,1-2H3. The molecule has 0 radical (unpaired) electrons. The molecular weight excluding hydrogens is 206 g/mol. The number of nitrogens with zero attached hydrogens (tertiary/aromatic N) is 1. The summed E-state index contributed by atoms with van der Waals surface area (Å²) in [6, 6.07) is 12.3. The predicted molar refractivity (Wildman–Crippen MR) is 70.8 cm³/mol. The van der Waals surface area contributed by atoms with Crippen molar-refractivity contribution in [3.05, 3.63) is 65.0 Å². The first kappa shape index (κ1) is 11.4. The lowest BCUT2D eigenvalue weighted by Crippen LogP contribution is -1.83. The van der Waals surface area contributed by atoms with E-state index in [4.69, 9.17) is 0 Å². The number of hydrogen-bond acceptors (Lipinski definition) is 1. The van der Waals surface area contributed by atoms with E-state index in [9.17, 15) is 0 Å². The van der Waals surface area contributed by atoms with Crippen molar-refractivity contribution in [3.8, 4) is 11.8 Å². The Bertz CT molecular complexity index is 556. The minimum atomic E-state index is 0.824. The Morgan fingerprint density at radius 1 is 1.06 bits per heavy atom. The largest absolute Gasteiger partial charge is 0.248 e. The van der Waals surface area contributed by atoms with Crippen LogP contribution in [-0.4, -0.2) is 4.98 Å². The van der Waals surface area contributed by atoms with Crippen molar-refractivity contribution < 1.29 is 0 Å². The van der Waals surface area contributed by atoms with E-state index in [1.54, 1.807) is 6.20 Å². The zero-order valence-electron chi connectivity index (χ0n) is 10.2. The van der Waals surface area contributed by atoms with Crippen molar-refractivity contribution in [2.45, 2.75) is 20.3 Å². The monoisotopic (exact) mass is 221 g/mol. The predicted octanol–water partition coefficient (Wildman–Crippen LogP) is 3.35. The fourth-order valence-electron chi connectivity index (χ4n) is 1.56. The summed E-state index contributed by atoms with van der Waals surface area (Å²) in [5.41, 5.74) is 4.38. The van der Waals surface area contributed by atoms with Crippen LogP contribution < -0.4 is 0 Å². The molecule has 2 rings (SSSR count). The lowest BCUT2D eigenvalue weighted by atomic mass is 10.1. The summed E-state index contributed by atoms with van der Waals surface area (Å²) < 4.78 is 0. The molecule has 2 aromatic rings. The van der Waals surface area contributed by atoms with Gasteiger partial charge in [-0.2, -0.15) is 0 Å². The summed E-state index contributed by atoms with van der Waals surface area (Å²) in [5.74, 6) is 6.21. The molecule has 0 N–H and O–H groups in total. The van der Waals surface area contributed by atoms with Crippen LogP contribution in [0, 0.1) is 18.8 Å². The summed E-state index contributed by atoms with van der Waals surface area (Å²) in [6.07, 6.45) is 2.85. The van der Waals surface area contributed by atoms with Gasteiger partial charge in [-0.25, -0.2) is 4.98 Å². The highest BCUT2D eigenvalue weighted by Crippen LogP contribution is 2.04. The molecule has 0 saturated heterocycles. The van der Waals surface area contributed by atoms with E-state index in [1.165, 1.54) is 11.1 Å². The lowest BCUT2D eigenvalue weighted by molar-refractivity contribution is 1.14. The Morgan fingerprint density at radius 2 is 1.82 bits per heavy atom. The van der Waals surface area contributed by atoms with Gasteiger partial charge in [0.2, 0.25) is 0 Å². The van der Waals surface area contributed by atoms with E-state index < -0.39 is 0 Å². The van der Waals surface area contributed by atoms with Crippen molar-refractivity contribution in [3.63, 3.8) is 0 Å². The first-order valence-electron chi connectivity index (χ1n) is 5.81. The molecule has 0 aliphatic carbocycles. The van der Waals surface area contributed by atoms with E-state index in [-0.39, 0.29) is 0 Å². The van der Waals surface area contributed by atoms with Crippen LogP contribution >= 0.6 is 0 Å². The maximum absolute atomic E-state index is 4.21. The van der Waals surface area contributed by atoms with E-state index in [2.05, 4.69) is 48.0 Å². The molecule has 0 spiro atoms. The van der Waals surface area contributed by atoms with Crippen molar-refractivity contribution in [1.82, 2.24) is 4.98 Å². The molecule has 1 aromatic heterocycles. The van der Waals surface area contributed by atoms with Gasteiger partial charge >= 0.3 is 0 Å². The molecule has 0 atom stereocenters. The van der Waals surface area contributed by atoms with Crippen LogP contribution in [0.4, 0.5) is 0 Å². The maximum Gasteiger partial charge on any atom is 0.113 e. The van der Waals surface area contributed by atoms with Gasteiger partial charge in [0.1, 0.15) is 5.69 Å². The first-order valence-corrected chi connectivity index (χ1v) is 5.81. The van der Waals surface area contributed by atoms with E-state index in [1.807, 2.05) is 19.1 Å². The van der Waals surface area contributed by atoms with Crippen LogP contribution in [0.15, 0.2) is 42.6 Å². The lowest BCUT2D eigenvalue weighted by Gasteiger charge is -1.95. The van der Waals surface area contributed by atoms with Crippen LogP contribution in [-0.2, 0) is 6.42 Å². The summed E-state index contributed by atoms with van der Waals surface area (Å²) in [5, 5.41) is 0. The van der Waals surface area contributed by atoms with Gasteiger partial charge in [-0.3, -0.25) is 0 Å². The molecule has 0 unspecified atom stereocenters. The van der Waals surface area contributed by atoms with Gasteiger partial charge in [0.15, 0.2) is 0 Å². The third-order valence-electron chi connectivity index (χ3n) is 2.61. The molecule has 84 valence electrons. The van der Waals surface area contributed by atoms with E-state index in [0.717, 1.165) is 17.7 Å². The van der Waals surface area contributed by atoms with Crippen LogP contribution in [0.3, 0.4) is 0 Å². The Labute approximate surface area is 103 Å². The Kier molecular flexibility index (Phi) is 3.57. The van der Waals surface area contributed by atoms with Crippen molar-refractivity contribution >= 4 is 0 Å². The van der Waals surface area contributed by atoms with E-state index >= 15 is 0 Å². The summed E-state index contributed by atoms with van der Waals surface area (Å²) in [7, 11) is 0. The second kappa shape index (κ2) is 5.32. The topological polar surface area (TPSA) is 12.9 Å². The minimum Gasteiger partial charge on any atom is -0.248 e. The Balaban J connectivity index is 2.20. The molecule has 0 aliphatic rings. The molecule has 1 aromatic carbocycles. The van der Waals surface area contributed by atoms with Gasteiger partial charge in [0, 0.05) is 11.8 Å². The van der Waals surface area contributed by atoms with Crippen molar-refractivity contribution in [2.24, 2.45) is 0 Å². The highest BCUT2D eigenvalue weighted by Gasteiger charge is 1.90. The molecule has 0 amide bonds. The fourth-order valence-corrected chi connectivity index (χ4v) is 1.56.